The summed E-state index contributed by atoms with van der Waals surface area (Å²) < 4.78 is 39.5. The topological polar surface area (TPSA) is 97.3 Å². The number of hydrogen-bond acceptors (Lipinski definition) is 6. The Labute approximate surface area is 224 Å². The average molecular weight is 536 g/mol. The number of hydrogen-bond donors (Lipinski definition) is 1. The smallest absolute Gasteiger partial charge is 0.264 e. The summed E-state index contributed by atoms with van der Waals surface area (Å²) in [7, 11) is -4.02. The number of carbonyl (C=O) groups excluding carboxylic acids is 1. The van der Waals surface area contributed by atoms with E-state index in [1.54, 1.807) is 42.5 Å². The molecule has 3 aromatic rings. The molecule has 0 aliphatic rings. The largest absolute Gasteiger partial charge is 0.490 e. The molecule has 0 aliphatic heterocycles. The lowest BCUT2D eigenvalue weighted by Crippen LogP contribution is -2.40. The molecule has 0 aliphatic carbocycles. The van der Waals surface area contributed by atoms with Crippen LogP contribution in [-0.4, -0.2) is 40.3 Å². The van der Waals surface area contributed by atoms with Crippen molar-refractivity contribution in [3.8, 4) is 11.5 Å². The fourth-order valence-corrected chi connectivity index (χ4v) is 5.19. The molecule has 0 aromatic heterocycles. The van der Waals surface area contributed by atoms with Gasteiger partial charge in [0.2, 0.25) is 0 Å². The van der Waals surface area contributed by atoms with Crippen molar-refractivity contribution in [1.29, 1.82) is 0 Å². The molecule has 0 fully saturated rings. The SMILES string of the molecule is C=CCOc1ccc(/C=N\NC(=O)CN(c2ccc(C)cc2C)S(=O)(=O)c2ccc(C)cc2)cc1OCC. The number of amides is 1. The zero-order chi connectivity index (χ0) is 27.7. The van der Waals surface area contributed by atoms with Crippen LogP contribution in [0.2, 0.25) is 0 Å². The van der Waals surface area contributed by atoms with Gasteiger partial charge in [0.1, 0.15) is 13.2 Å². The minimum atomic E-state index is -4.02. The monoisotopic (exact) mass is 535 g/mol. The van der Waals surface area contributed by atoms with Gasteiger partial charge >= 0.3 is 0 Å². The molecule has 1 N–H and O–H groups in total. The summed E-state index contributed by atoms with van der Waals surface area (Å²) in [5.41, 5.74) is 6.18. The van der Waals surface area contributed by atoms with E-state index >= 15 is 0 Å². The second-order valence-electron chi connectivity index (χ2n) is 8.65. The van der Waals surface area contributed by atoms with Gasteiger partial charge in [0, 0.05) is 0 Å². The van der Waals surface area contributed by atoms with Gasteiger partial charge in [-0.15, -0.1) is 0 Å². The summed E-state index contributed by atoms with van der Waals surface area (Å²) in [5.74, 6) is 0.515. The van der Waals surface area contributed by atoms with Gasteiger partial charge in [-0.25, -0.2) is 13.8 Å². The summed E-state index contributed by atoms with van der Waals surface area (Å²) in [5, 5.41) is 4.03. The number of nitrogens with one attached hydrogen (secondary N) is 1. The summed E-state index contributed by atoms with van der Waals surface area (Å²) >= 11 is 0. The molecule has 0 bridgehead atoms. The second kappa shape index (κ2) is 12.9. The van der Waals surface area contributed by atoms with Crippen LogP contribution in [0.5, 0.6) is 11.5 Å². The first kappa shape index (κ1) is 28.5. The van der Waals surface area contributed by atoms with Crippen molar-refractivity contribution < 1.29 is 22.7 Å². The highest BCUT2D eigenvalue weighted by Crippen LogP contribution is 2.29. The van der Waals surface area contributed by atoms with E-state index in [1.807, 2.05) is 39.8 Å². The van der Waals surface area contributed by atoms with E-state index in [-0.39, 0.29) is 4.90 Å². The molecule has 0 saturated heterocycles. The molecule has 3 aromatic carbocycles. The number of nitrogens with zero attached hydrogens (tertiary/aromatic N) is 2. The van der Waals surface area contributed by atoms with Gasteiger partial charge < -0.3 is 9.47 Å². The maximum Gasteiger partial charge on any atom is 0.264 e. The molecule has 0 saturated carbocycles. The highest BCUT2D eigenvalue weighted by atomic mass is 32.2. The first-order valence-electron chi connectivity index (χ1n) is 12.1. The van der Waals surface area contributed by atoms with Crippen LogP contribution in [0.4, 0.5) is 5.69 Å². The number of rotatable bonds is 12. The Kier molecular flexibility index (Phi) is 9.67. The summed E-state index contributed by atoms with van der Waals surface area (Å²) in [6, 6.07) is 17.2. The quantitative estimate of drug-likeness (QED) is 0.202. The Morgan fingerprint density at radius 2 is 1.68 bits per heavy atom. The van der Waals surface area contributed by atoms with Crippen LogP contribution >= 0.6 is 0 Å². The molecule has 0 heterocycles. The fourth-order valence-electron chi connectivity index (χ4n) is 3.71. The van der Waals surface area contributed by atoms with Gasteiger partial charge in [0.25, 0.3) is 15.9 Å². The summed E-state index contributed by atoms with van der Waals surface area (Å²) in [4.78, 5) is 13.0. The predicted molar refractivity (Wildman–Crippen MR) is 151 cm³/mol. The number of carbonyl (C=O) groups is 1. The van der Waals surface area contributed by atoms with E-state index in [0.717, 1.165) is 21.0 Å². The van der Waals surface area contributed by atoms with Gasteiger partial charge in [-0.3, -0.25) is 9.10 Å². The zero-order valence-electron chi connectivity index (χ0n) is 22.1. The third kappa shape index (κ3) is 7.23. The molecular formula is C29H33N3O5S. The molecule has 9 heteroatoms. The third-order valence-corrected chi connectivity index (χ3v) is 7.32. The minimum absolute atomic E-state index is 0.0987. The first-order valence-corrected chi connectivity index (χ1v) is 13.6. The van der Waals surface area contributed by atoms with Crippen molar-refractivity contribution in [1.82, 2.24) is 5.43 Å². The molecule has 38 heavy (non-hydrogen) atoms. The Bertz CT molecular complexity index is 1420. The van der Waals surface area contributed by atoms with Crippen molar-refractivity contribution in [2.24, 2.45) is 5.10 Å². The van der Waals surface area contributed by atoms with Crippen molar-refractivity contribution in [3.05, 3.63) is 95.6 Å². The van der Waals surface area contributed by atoms with Gasteiger partial charge in [-0.1, -0.05) is 48.0 Å². The van der Waals surface area contributed by atoms with Gasteiger partial charge in [-0.2, -0.15) is 5.10 Å². The molecule has 200 valence electrons. The lowest BCUT2D eigenvalue weighted by molar-refractivity contribution is -0.119. The van der Waals surface area contributed by atoms with Crippen LogP contribution in [0, 0.1) is 20.8 Å². The van der Waals surface area contributed by atoms with Crippen molar-refractivity contribution in [2.45, 2.75) is 32.6 Å². The Hall–Kier alpha value is -4.11. The standard InChI is InChI=1S/C29H33N3O5S/c1-6-16-37-27-15-11-24(18-28(27)36-7-2)19-30-31-29(33)20-32(26-14-10-22(4)17-23(26)5)38(34,35)25-12-8-21(3)9-13-25/h6,8-15,17-19H,1,7,16,20H2,2-5H3,(H,31,33)/b30-19-. The van der Waals surface area contributed by atoms with Crippen LogP contribution in [0.25, 0.3) is 0 Å². The molecule has 0 unspecified atom stereocenters. The van der Waals surface area contributed by atoms with E-state index in [2.05, 4.69) is 17.1 Å². The zero-order valence-corrected chi connectivity index (χ0v) is 22.9. The molecule has 0 spiro atoms. The number of anilines is 1. The van der Waals surface area contributed by atoms with E-state index in [4.69, 9.17) is 9.47 Å². The van der Waals surface area contributed by atoms with Crippen molar-refractivity contribution in [2.75, 3.05) is 24.1 Å². The Morgan fingerprint density at radius 1 is 0.974 bits per heavy atom. The molecule has 1 amide bonds. The van der Waals surface area contributed by atoms with Crippen LogP contribution in [0.15, 0.2) is 83.3 Å². The van der Waals surface area contributed by atoms with Crippen LogP contribution < -0.4 is 19.2 Å². The second-order valence-corrected chi connectivity index (χ2v) is 10.5. The maximum absolute atomic E-state index is 13.6. The van der Waals surface area contributed by atoms with Crippen LogP contribution in [0.1, 0.15) is 29.2 Å². The van der Waals surface area contributed by atoms with Crippen molar-refractivity contribution in [3.63, 3.8) is 0 Å². The molecule has 3 rings (SSSR count). The maximum atomic E-state index is 13.6. The van der Waals surface area contributed by atoms with Crippen LogP contribution in [0.3, 0.4) is 0 Å². The number of benzene rings is 3. The molecular weight excluding hydrogens is 502 g/mol. The normalized spacial score (nSPS) is 11.3. The van der Waals surface area contributed by atoms with Crippen molar-refractivity contribution >= 4 is 27.8 Å². The first-order chi connectivity index (χ1) is 18.1. The summed E-state index contributed by atoms with van der Waals surface area (Å²) in [6.07, 6.45) is 3.09. The van der Waals surface area contributed by atoms with E-state index in [9.17, 15) is 13.2 Å². The Balaban J connectivity index is 1.82. The molecule has 8 nitrogen and oxygen atoms in total. The highest BCUT2D eigenvalue weighted by Gasteiger charge is 2.28. The average Bonchev–Trinajstić information content (AvgIpc) is 2.87. The molecule has 0 radical (unpaired) electrons. The van der Waals surface area contributed by atoms with E-state index in [0.29, 0.717) is 36.0 Å². The number of sulfonamides is 1. The number of aryl methyl sites for hydroxylation is 3. The van der Waals surface area contributed by atoms with E-state index < -0.39 is 22.5 Å². The van der Waals surface area contributed by atoms with Gasteiger partial charge in [-0.05, 0) is 75.2 Å². The fraction of sp³-hybridized carbons (Fsp3) is 0.241. The number of ether oxygens (including phenoxy) is 2. The van der Waals surface area contributed by atoms with Crippen LogP contribution in [-0.2, 0) is 14.8 Å². The summed E-state index contributed by atoms with van der Waals surface area (Å²) in [6.45, 7) is 11.5. The van der Waals surface area contributed by atoms with Gasteiger partial charge in [0.15, 0.2) is 11.5 Å². The number of hydrazone groups is 1. The molecule has 0 atom stereocenters. The lowest BCUT2D eigenvalue weighted by atomic mass is 10.1. The van der Waals surface area contributed by atoms with E-state index in [1.165, 1.54) is 18.3 Å². The highest BCUT2D eigenvalue weighted by molar-refractivity contribution is 7.92. The minimum Gasteiger partial charge on any atom is -0.490 e. The third-order valence-electron chi connectivity index (χ3n) is 5.54. The van der Waals surface area contributed by atoms with Gasteiger partial charge in [0.05, 0.1) is 23.4 Å². The predicted octanol–water partition coefficient (Wildman–Crippen LogP) is 4.92. The Morgan fingerprint density at radius 3 is 2.34 bits per heavy atom. The lowest BCUT2D eigenvalue weighted by Gasteiger charge is -2.25.